The lowest BCUT2D eigenvalue weighted by Crippen LogP contribution is -2.10. The summed E-state index contributed by atoms with van der Waals surface area (Å²) in [6, 6.07) is 5.12. The van der Waals surface area contributed by atoms with Crippen molar-refractivity contribution >= 4 is 21.7 Å². The Kier molecular flexibility index (Phi) is 3.71. The van der Waals surface area contributed by atoms with E-state index in [-0.39, 0.29) is 4.47 Å². The molecule has 0 N–H and O–H groups in total. The summed E-state index contributed by atoms with van der Waals surface area (Å²) in [5, 5.41) is 0. The molecule has 0 saturated carbocycles. The fourth-order valence-electron chi connectivity index (χ4n) is 1.55. The van der Waals surface area contributed by atoms with Crippen LogP contribution in [0.2, 0.25) is 0 Å². The summed E-state index contributed by atoms with van der Waals surface area (Å²) in [5.74, 6) is -6.77. The van der Waals surface area contributed by atoms with Gasteiger partial charge in [0.15, 0.2) is 23.2 Å². The third kappa shape index (κ3) is 2.40. The molecule has 0 aliphatic carbocycles. The smallest absolute Gasteiger partial charge is 0.200 e. The van der Waals surface area contributed by atoms with Gasteiger partial charge < -0.3 is 0 Å². The molecule has 0 aliphatic rings. The Morgan fingerprint density at radius 1 is 0.895 bits per heavy atom. The fraction of sp³-hybridized carbons (Fsp3) is 0. The number of carbonyl (C=O) groups is 1. The highest BCUT2D eigenvalue weighted by Gasteiger charge is 2.23. The third-order valence-electron chi connectivity index (χ3n) is 2.47. The summed E-state index contributed by atoms with van der Waals surface area (Å²) in [6.45, 7) is 0. The lowest BCUT2D eigenvalue weighted by molar-refractivity contribution is 0.102. The molecular weight excluding hydrogens is 328 g/mol. The molecule has 0 atom stereocenters. The van der Waals surface area contributed by atoms with Gasteiger partial charge in [0.2, 0.25) is 0 Å². The molecule has 19 heavy (non-hydrogen) atoms. The maximum Gasteiger partial charge on any atom is 0.200 e. The van der Waals surface area contributed by atoms with Gasteiger partial charge in [-0.2, -0.15) is 0 Å². The lowest BCUT2D eigenvalue weighted by atomic mass is 10.0. The van der Waals surface area contributed by atoms with Gasteiger partial charge in [-0.1, -0.05) is 6.07 Å². The second kappa shape index (κ2) is 5.13. The number of rotatable bonds is 2. The minimum atomic E-state index is -1.77. The van der Waals surface area contributed by atoms with Crippen molar-refractivity contribution in [1.82, 2.24) is 0 Å². The molecule has 2 aromatic carbocycles. The van der Waals surface area contributed by atoms with Crippen LogP contribution in [0.15, 0.2) is 34.8 Å². The monoisotopic (exact) mass is 332 g/mol. The first-order valence-corrected chi connectivity index (χ1v) is 5.85. The van der Waals surface area contributed by atoms with Crippen LogP contribution in [-0.2, 0) is 0 Å². The topological polar surface area (TPSA) is 17.1 Å². The van der Waals surface area contributed by atoms with Crippen LogP contribution in [0.3, 0.4) is 0 Å². The molecule has 0 aliphatic heterocycles. The highest BCUT2D eigenvalue weighted by atomic mass is 79.9. The second-order valence-electron chi connectivity index (χ2n) is 3.65. The first-order valence-electron chi connectivity index (χ1n) is 5.05. The van der Waals surface area contributed by atoms with Crippen molar-refractivity contribution in [2.24, 2.45) is 0 Å². The maximum absolute atomic E-state index is 13.6. The normalized spacial score (nSPS) is 10.6. The molecule has 0 bridgehead atoms. The zero-order chi connectivity index (χ0) is 14.2. The van der Waals surface area contributed by atoms with Crippen LogP contribution < -0.4 is 0 Å². The molecule has 0 spiro atoms. The van der Waals surface area contributed by atoms with Crippen LogP contribution in [0.25, 0.3) is 0 Å². The first-order chi connectivity index (χ1) is 8.93. The Labute approximate surface area is 114 Å². The van der Waals surface area contributed by atoms with Crippen molar-refractivity contribution in [1.29, 1.82) is 0 Å². The summed E-state index contributed by atoms with van der Waals surface area (Å²) >= 11 is 2.95. The molecule has 98 valence electrons. The number of carbonyl (C=O) groups excluding carboxylic acids is 1. The SMILES string of the molecule is O=C(c1ccc(F)c(F)c1F)c1c(F)cccc1Br. The van der Waals surface area contributed by atoms with Crippen molar-refractivity contribution in [2.45, 2.75) is 0 Å². The van der Waals surface area contributed by atoms with E-state index in [0.29, 0.717) is 6.07 Å². The maximum atomic E-state index is 13.6. The van der Waals surface area contributed by atoms with Crippen molar-refractivity contribution in [3.63, 3.8) is 0 Å². The van der Waals surface area contributed by atoms with Gasteiger partial charge in [-0.25, -0.2) is 17.6 Å². The van der Waals surface area contributed by atoms with Crippen LogP contribution in [0.1, 0.15) is 15.9 Å². The fourth-order valence-corrected chi connectivity index (χ4v) is 2.07. The quantitative estimate of drug-likeness (QED) is 0.457. The summed E-state index contributed by atoms with van der Waals surface area (Å²) in [5.41, 5.74) is -1.17. The zero-order valence-corrected chi connectivity index (χ0v) is 10.8. The first kappa shape index (κ1) is 13.7. The lowest BCUT2D eigenvalue weighted by Gasteiger charge is -2.07. The summed E-state index contributed by atoms with van der Waals surface area (Å²) in [4.78, 5) is 12.0. The zero-order valence-electron chi connectivity index (χ0n) is 9.18. The van der Waals surface area contributed by atoms with E-state index in [1.807, 2.05) is 0 Å². The number of ketones is 1. The summed E-state index contributed by atoms with van der Waals surface area (Å²) < 4.78 is 53.0. The van der Waals surface area contributed by atoms with Crippen LogP contribution >= 0.6 is 15.9 Å². The van der Waals surface area contributed by atoms with E-state index in [4.69, 9.17) is 0 Å². The number of halogens is 5. The van der Waals surface area contributed by atoms with Crippen molar-refractivity contribution < 1.29 is 22.4 Å². The molecule has 0 radical (unpaired) electrons. The Morgan fingerprint density at radius 3 is 2.21 bits per heavy atom. The van der Waals surface area contributed by atoms with Gasteiger partial charge in [0.25, 0.3) is 0 Å². The van der Waals surface area contributed by atoms with E-state index in [1.54, 1.807) is 0 Å². The van der Waals surface area contributed by atoms with Crippen molar-refractivity contribution in [3.05, 3.63) is 69.2 Å². The van der Waals surface area contributed by atoms with Gasteiger partial charge >= 0.3 is 0 Å². The summed E-state index contributed by atoms with van der Waals surface area (Å²) in [6.07, 6.45) is 0. The van der Waals surface area contributed by atoms with Crippen LogP contribution in [0.4, 0.5) is 17.6 Å². The predicted octanol–water partition coefficient (Wildman–Crippen LogP) is 4.24. The van der Waals surface area contributed by atoms with Gasteiger partial charge in [0.1, 0.15) is 5.82 Å². The van der Waals surface area contributed by atoms with E-state index in [0.717, 1.165) is 12.1 Å². The molecule has 0 aromatic heterocycles. The third-order valence-corrected chi connectivity index (χ3v) is 3.13. The van der Waals surface area contributed by atoms with E-state index >= 15 is 0 Å². The van der Waals surface area contributed by atoms with E-state index in [9.17, 15) is 22.4 Å². The number of hydrogen-bond acceptors (Lipinski definition) is 1. The van der Waals surface area contributed by atoms with Gasteiger partial charge in [-0.05, 0) is 40.2 Å². The average Bonchev–Trinajstić information content (AvgIpc) is 2.35. The average molecular weight is 333 g/mol. The summed E-state index contributed by atoms with van der Waals surface area (Å²) in [7, 11) is 0. The Hall–Kier alpha value is -1.69. The van der Waals surface area contributed by atoms with E-state index < -0.39 is 40.2 Å². The minimum Gasteiger partial charge on any atom is -0.288 e. The van der Waals surface area contributed by atoms with E-state index in [1.165, 1.54) is 12.1 Å². The highest BCUT2D eigenvalue weighted by molar-refractivity contribution is 9.10. The Morgan fingerprint density at radius 2 is 1.58 bits per heavy atom. The Bertz CT molecular complexity index is 650. The number of hydrogen-bond donors (Lipinski definition) is 0. The number of benzene rings is 2. The van der Waals surface area contributed by atoms with Gasteiger partial charge in [0.05, 0.1) is 11.1 Å². The van der Waals surface area contributed by atoms with Crippen LogP contribution in [0, 0.1) is 23.3 Å². The largest absolute Gasteiger partial charge is 0.288 e. The highest BCUT2D eigenvalue weighted by Crippen LogP contribution is 2.25. The van der Waals surface area contributed by atoms with Crippen LogP contribution in [0.5, 0.6) is 0 Å². The van der Waals surface area contributed by atoms with Gasteiger partial charge in [0, 0.05) is 4.47 Å². The standard InChI is InChI=1S/C13H5BrF4O/c14-7-2-1-3-8(15)10(7)13(19)6-4-5-9(16)12(18)11(6)17/h1-5H. The van der Waals surface area contributed by atoms with Crippen LogP contribution in [-0.4, -0.2) is 5.78 Å². The molecular formula is C13H5BrF4O. The molecule has 0 heterocycles. The van der Waals surface area contributed by atoms with E-state index in [2.05, 4.69) is 15.9 Å². The molecule has 2 rings (SSSR count). The van der Waals surface area contributed by atoms with Gasteiger partial charge in [-0.3, -0.25) is 4.79 Å². The molecule has 0 amide bonds. The molecule has 6 heteroatoms. The minimum absolute atomic E-state index is 0.0987. The molecule has 1 nitrogen and oxygen atoms in total. The predicted molar refractivity (Wildman–Crippen MR) is 63.8 cm³/mol. The molecule has 0 fully saturated rings. The molecule has 2 aromatic rings. The molecule has 0 unspecified atom stereocenters. The van der Waals surface area contributed by atoms with Crippen molar-refractivity contribution in [2.75, 3.05) is 0 Å². The van der Waals surface area contributed by atoms with Gasteiger partial charge in [-0.15, -0.1) is 0 Å². The second-order valence-corrected chi connectivity index (χ2v) is 4.50. The molecule has 0 saturated heterocycles. The van der Waals surface area contributed by atoms with Crippen molar-refractivity contribution in [3.8, 4) is 0 Å². The Balaban J connectivity index is 2.60.